The molecule has 2 aliphatic heterocycles. The Kier molecular flexibility index (Phi) is 7.33. The van der Waals surface area contributed by atoms with Crippen LogP contribution in [0, 0.1) is 0 Å². The van der Waals surface area contributed by atoms with Crippen molar-refractivity contribution < 1.29 is 9.47 Å². The van der Waals surface area contributed by atoms with Gasteiger partial charge in [-0.1, -0.05) is 121 Å². The van der Waals surface area contributed by atoms with E-state index in [-0.39, 0.29) is 0 Å². The van der Waals surface area contributed by atoms with Crippen molar-refractivity contribution in [3.05, 3.63) is 229 Å². The normalized spacial score (nSPS) is 13.0. The minimum atomic E-state index is -0.779. The quantitative estimate of drug-likeness (QED) is 0.174. The minimum absolute atomic E-state index is 0.779. The Balaban J connectivity index is 1.29. The molecule has 0 radical (unpaired) electrons. The number of nitrogens with zero attached hydrogens (tertiary/aromatic N) is 2. The highest BCUT2D eigenvalue weighted by molar-refractivity contribution is 5.87. The summed E-state index contributed by atoms with van der Waals surface area (Å²) < 4.78 is 13.9. The fourth-order valence-corrected chi connectivity index (χ4v) is 8.16. The van der Waals surface area contributed by atoms with Gasteiger partial charge in [-0.25, -0.2) is 0 Å². The van der Waals surface area contributed by atoms with Gasteiger partial charge in [0.1, 0.15) is 17.2 Å². The molecule has 2 aliphatic rings. The number of rotatable bonds is 6. The van der Waals surface area contributed by atoms with Crippen LogP contribution in [0.4, 0.5) is 34.1 Å². The van der Waals surface area contributed by atoms with Crippen LogP contribution in [0.1, 0.15) is 22.3 Å². The van der Waals surface area contributed by atoms with Crippen LogP contribution in [0.2, 0.25) is 0 Å². The van der Waals surface area contributed by atoms with E-state index in [0.29, 0.717) is 0 Å². The summed E-state index contributed by atoms with van der Waals surface area (Å²) in [4.78, 5) is 4.60. The summed E-state index contributed by atoms with van der Waals surface area (Å²) in [6.07, 6.45) is 0. The van der Waals surface area contributed by atoms with E-state index in [1.54, 1.807) is 0 Å². The summed E-state index contributed by atoms with van der Waals surface area (Å²) in [6, 6.07) is 72.2. The van der Waals surface area contributed by atoms with Crippen LogP contribution in [0.25, 0.3) is 0 Å². The van der Waals surface area contributed by atoms with Crippen molar-refractivity contribution in [2.24, 2.45) is 0 Å². The van der Waals surface area contributed by atoms with Crippen LogP contribution >= 0.6 is 0 Å². The van der Waals surface area contributed by atoms with E-state index in [4.69, 9.17) is 9.47 Å². The fraction of sp³-hybridized carbons (Fsp3) is 0.0204. The molecule has 1 spiro atoms. The first-order valence-electron chi connectivity index (χ1n) is 17.9. The summed E-state index contributed by atoms with van der Waals surface area (Å²) >= 11 is 0. The van der Waals surface area contributed by atoms with Gasteiger partial charge in [0.15, 0.2) is 5.75 Å². The summed E-state index contributed by atoms with van der Waals surface area (Å²) in [6.45, 7) is 0. The minimum Gasteiger partial charge on any atom is -0.457 e. The van der Waals surface area contributed by atoms with E-state index in [1.807, 2.05) is 12.1 Å². The number of hydrogen-bond acceptors (Lipinski definition) is 4. The number of fused-ring (bicyclic) bond motifs is 8. The van der Waals surface area contributed by atoms with Crippen LogP contribution in [0.5, 0.6) is 23.0 Å². The van der Waals surface area contributed by atoms with Crippen molar-refractivity contribution >= 4 is 34.1 Å². The lowest BCUT2D eigenvalue weighted by Gasteiger charge is -2.46. The highest BCUT2D eigenvalue weighted by Crippen LogP contribution is 2.63. The number of para-hydroxylation sites is 7. The lowest BCUT2D eigenvalue weighted by molar-refractivity contribution is 0.400. The van der Waals surface area contributed by atoms with Gasteiger partial charge >= 0.3 is 0 Å². The van der Waals surface area contributed by atoms with Crippen molar-refractivity contribution in [2.45, 2.75) is 5.41 Å². The van der Waals surface area contributed by atoms with E-state index >= 15 is 0 Å². The van der Waals surface area contributed by atoms with Gasteiger partial charge in [-0.15, -0.1) is 0 Å². The zero-order valence-corrected chi connectivity index (χ0v) is 28.8. The monoisotopic (exact) mass is 682 g/mol. The highest BCUT2D eigenvalue weighted by atomic mass is 16.5. The Hall–Kier alpha value is -7.04. The van der Waals surface area contributed by atoms with Crippen LogP contribution in [0.3, 0.4) is 0 Å². The molecule has 252 valence electrons. The first kappa shape index (κ1) is 30.8. The maximum atomic E-state index is 7.24. The van der Waals surface area contributed by atoms with Crippen LogP contribution in [0.15, 0.2) is 206 Å². The van der Waals surface area contributed by atoms with Crippen molar-refractivity contribution in [2.75, 3.05) is 9.80 Å². The Morgan fingerprint density at radius 3 is 1.26 bits per heavy atom. The predicted octanol–water partition coefficient (Wildman–Crippen LogP) is 13.2. The van der Waals surface area contributed by atoms with Gasteiger partial charge in [0.2, 0.25) is 0 Å². The van der Waals surface area contributed by atoms with Gasteiger partial charge in [0.05, 0.1) is 11.1 Å². The molecule has 0 saturated carbocycles. The van der Waals surface area contributed by atoms with Gasteiger partial charge in [-0.05, 0) is 84.9 Å². The Morgan fingerprint density at radius 2 is 0.736 bits per heavy atom. The second-order valence-corrected chi connectivity index (χ2v) is 13.3. The molecule has 0 aliphatic carbocycles. The zero-order chi connectivity index (χ0) is 35.2. The summed E-state index contributed by atoms with van der Waals surface area (Å²) in [5, 5.41) is 0. The molecule has 8 aromatic rings. The first-order valence-corrected chi connectivity index (χ1v) is 17.9. The molecule has 4 nitrogen and oxygen atoms in total. The number of anilines is 6. The largest absolute Gasteiger partial charge is 0.457 e. The molecule has 2 heterocycles. The molecule has 0 fully saturated rings. The second-order valence-electron chi connectivity index (χ2n) is 13.3. The Labute approximate surface area is 309 Å². The third-order valence-electron chi connectivity index (χ3n) is 10.3. The molecule has 0 unspecified atom stereocenters. The third-order valence-corrected chi connectivity index (χ3v) is 10.3. The molecule has 4 heteroatoms. The van der Waals surface area contributed by atoms with Gasteiger partial charge in [0, 0.05) is 50.7 Å². The molecule has 0 atom stereocenters. The van der Waals surface area contributed by atoms with Crippen LogP contribution in [-0.4, -0.2) is 0 Å². The molecule has 0 aromatic heterocycles. The van der Waals surface area contributed by atoms with Crippen molar-refractivity contribution in [1.29, 1.82) is 0 Å². The maximum absolute atomic E-state index is 7.24. The topological polar surface area (TPSA) is 24.9 Å². The summed E-state index contributed by atoms with van der Waals surface area (Å²) in [5.74, 6) is 3.25. The molecule has 0 amide bonds. The molecule has 0 bridgehead atoms. The second kappa shape index (κ2) is 12.6. The molecule has 0 N–H and O–H groups in total. The standard InChI is InChI=1S/C49H34N2O2/c1-5-18-35(19-6-1)50(36-20-7-2-8-21-36)39-32-33-47-43(34-39)49(40-26-13-15-30-45(40)52-46-31-16-14-27-41(46)49)42-28-17-29-44(48(42)53-47)51(37-22-9-3-10-23-37)38-24-11-4-12-25-38/h1-34H. The van der Waals surface area contributed by atoms with Crippen LogP contribution < -0.4 is 19.3 Å². The lowest BCUT2D eigenvalue weighted by Crippen LogP contribution is -2.37. The molecule has 8 aromatic carbocycles. The van der Waals surface area contributed by atoms with Gasteiger partial charge in [-0.2, -0.15) is 0 Å². The molecular formula is C49H34N2O2. The van der Waals surface area contributed by atoms with E-state index < -0.39 is 5.41 Å². The number of hydrogen-bond donors (Lipinski definition) is 0. The maximum Gasteiger partial charge on any atom is 0.156 e. The van der Waals surface area contributed by atoms with E-state index in [1.165, 1.54) is 0 Å². The predicted molar refractivity (Wildman–Crippen MR) is 214 cm³/mol. The van der Waals surface area contributed by atoms with Crippen molar-refractivity contribution in [1.82, 2.24) is 0 Å². The highest BCUT2D eigenvalue weighted by Gasteiger charge is 2.51. The molecular weight excluding hydrogens is 649 g/mol. The van der Waals surface area contributed by atoms with E-state index in [9.17, 15) is 0 Å². The molecule has 0 saturated heterocycles. The number of benzene rings is 8. The molecule has 53 heavy (non-hydrogen) atoms. The third kappa shape index (κ3) is 4.91. The van der Waals surface area contributed by atoms with Crippen molar-refractivity contribution in [3.8, 4) is 23.0 Å². The number of ether oxygens (including phenoxy) is 2. The van der Waals surface area contributed by atoms with Gasteiger partial charge in [0.25, 0.3) is 0 Å². The Bertz CT molecular complexity index is 2440. The van der Waals surface area contributed by atoms with E-state index in [0.717, 1.165) is 79.4 Å². The first-order chi connectivity index (χ1) is 26.3. The van der Waals surface area contributed by atoms with Crippen LogP contribution in [-0.2, 0) is 5.41 Å². The summed E-state index contributed by atoms with van der Waals surface area (Å²) in [7, 11) is 0. The average Bonchev–Trinajstić information content (AvgIpc) is 3.23. The Morgan fingerprint density at radius 1 is 0.302 bits per heavy atom. The van der Waals surface area contributed by atoms with Gasteiger partial charge in [-0.3, -0.25) is 0 Å². The molecule has 10 rings (SSSR count). The smallest absolute Gasteiger partial charge is 0.156 e. The average molecular weight is 683 g/mol. The van der Waals surface area contributed by atoms with Gasteiger partial charge < -0.3 is 19.3 Å². The fourth-order valence-electron chi connectivity index (χ4n) is 8.16. The SMILES string of the molecule is c1ccc(N(c2ccccc2)c2ccc3c(c2)C2(c4ccccc4Oc4ccccc42)c2cccc(N(c4ccccc4)c4ccccc4)c2O3)cc1. The van der Waals surface area contributed by atoms with Crippen molar-refractivity contribution in [3.63, 3.8) is 0 Å². The van der Waals surface area contributed by atoms with E-state index in [2.05, 4.69) is 204 Å². The zero-order valence-electron chi connectivity index (χ0n) is 28.8. The summed E-state index contributed by atoms with van der Waals surface area (Å²) in [5.41, 5.74) is 9.65. The lowest BCUT2D eigenvalue weighted by atomic mass is 9.62.